The first kappa shape index (κ1) is 30.8. The third-order valence-corrected chi connectivity index (χ3v) is 5.76. The van der Waals surface area contributed by atoms with Crippen molar-refractivity contribution in [2.45, 2.75) is 26.4 Å². The van der Waals surface area contributed by atoms with Gasteiger partial charge in [-0.2, -0.15) is 5.26 Å². The quantitative estimate of drug-likeness (QED) is 0.301. The molecule has 1 unspecified atom stereocenters. The molecule has 39 heavy (non-hydrogen) atoms. The van der Waals surface area contributed by atoms with Crippen molar-refractivity contribution in [2.75, 3.05) is 6.54 Å². The van der Waals surface area contributed by atoms with Crippen LogP contribution in [-0.2, 0) is 11.2 Å². The van der Waals surface area contributed by atoms with Crippen molar-refractivity contribution < 1.29 is 28.6 Å². The van der Waals surface area contributed by atoms with Gasteiger partial charge >= 0.3 is 5.97 Å². The minimum atomic E-state index is -1.32. The van der Waals surface area contributed by atoms with Crippen LogP contribution >= 0.6 is 11.6 Å². The molecular formula is C29H26ClF2N3O4. The van der Waals surface area contributed by atoms with E-state index in [-0.39, 0.29) is 12.0 Å². The number of hydrogen-bond donors (Lipinski definition) is 3. The maximum Gasteiger partial charge on any atom is 0.322 e. The van der Waals surface area contributed by atoms with Crippen molar-refractivity contribution in [1.29, 1.82) is 5.26 Å². The Hall–Kier alpha value is -4.39. The monoisotopic (exact) mass is 553 g/mol. The van der Waals surface area contributed by atoms with E-state index in [0.717, 1.165) is 40.1 Å². The van der Waals surface area contributed by atoms with E-state index in [1.54, 1.807) is 18.2 Å². The number of aliphatic carboxylic acids is 1. The molecule has 3 aromatic rings. The van der Waals surface area contributed by atoms with Gasteiger partial charge in [0.2, 0.25) is 0 Å². The average molecular weight is 554 g/mol. The van der Waals surface area contributed by atoms with E-state index in [9.17, 15) is 18.4 Å². The van der Waals surface area contributed by atoms with E-state index in [4.69, 9.17) is 27.1 Å². The zero-order valence-corrected chi connectivity index (χ0v) is 22.0. The summed E-state index contributed by atoms with van der Waals surface area (Å²) in [6, 6.07) is 13.1. The number of nitrogens with zero attached hydrogens (tertiary/aromatic N) is 2. The van der Waals surface area contributed by atoms with Crippen LogP contribution in [0.1, 0.15) is 39.5 Å². The summed E-state index contributed by atoms with van der Waals surface area (Å²) in [5, 5.41) is 28.8. The molecule has 3 N–H and O–H groups in total. The molecule has 10 heteroatoms. The molecular weight excluding hydrogens is 528 g/mol. The second kappa shape index (κ2) is 14.0. The summed E-state index contributed by atoms with van der Waals surface area (Å²) < 4.78 is 27.2. The van der Waals surface area contributed by atoms with Gasteiger partial charge < -0.3 is 15.5 Å². The summed E-state index contributed by atoms with van der Waals surface area (Å²) in [5.41, 5.74) is 4.39. The maximum absolute atomic E-state index is 13.6. The van der Waals surface area contributed by atoms with E-state index in [1.807, 2.05) is 30.4 Å². The van der Waals surface area contributed by atoms with Crippen LogP contribution in [0.2, 0.25) is 5.02 Å². The van der Waals surface area contributed by atoms with Crippen molar-refractivity contribution in [3.8, 4) is 17.2 Å². The van der Waals surface area contributed by atoms with Crippen LogP contribution in [0.5, 0.6) is 0 Å². The second-order valence-corrected chi connectivity index (χ2v) is 8.83. The fourth-order valence-electron chi connectivity index (χ4n) is 3.70. The number of aliphatic hydroxyl groups is 1. The van der Waals surface area contributed by atoms with Gasteiger partial charge in [0, 0.05) is 21.7 Å². The number of halogens is 3. The number of nitrogens with one attached hydrogen (secondary N) is 1. The van der Waals surface area contributed by atoms with Gasteiger partial charge in [0.15, 0.2) is 0 Å². The van der Waals surface area contributed by atoms with Crippen molar-refractivity contribution in [1.82, 2.24) is 5.32 Å². The highest BCUT2D eigenvalue weighted by Crippen LogP contribution is 2.39. The fourth-order valence-corrected chi connectivity index (χ4v) is 3.99. The van der Waals surface area contributed by atoms with Crippen LogP contribution in [0.4, 0.5) is 14.5 Å². The smallest absolute Gasteiger partial charge is 0.322 e. The normalized spacial score (nSPS) is 10.9. The third-order valence-electron chi connectivity index (χ3n) is 5.45. The van der Waals surface area contributed by atoms with Gasteiger partial charge in [-0.05, 0) is 62.4 Å². The van der Waals surface area contributed by atoms with Crippen LogP contribution in [0.15, 0.2) is 54.0 Å². The zero-order valence-electron chi connectivity index (χ0n) is 21.3. The van der Waals surface area contributed by atoms with E-state index >= 15 is 0 Å². The van der Waals surface area contributed by atoms with Crippen LogP contribution in [0, 0.1) is 29.9 Å². The van der Waals surface area contributed by atoms with Crippen molar-refractivity contribution >= 4 is 42.0 Å². The first-order valence-electron chi connectivity index (χ1n) is 11.5. The molecule has 0 heterocycles. The standard InChI is InChI=1S/C17H13ClN2.C12H13F2NO4/c1-4-13-11(2)5-7-15(17(13)20-3)14-8-6-12(10-19)9-16(14)18;1-6(16)2-7-3-8(13)11(9(14)4-7)12(19)15-5-10(17)18/h4-9H,1,3H2,2H3;3-4,6,16H,2,5H2,1H3,(H,15,19)(H,17,18). The molecule has 0 fully saturated rings. The molecule has 0 spiro atoms. The number of hydrogen-bond acceptors (Lipinski definition) is 5. The van der Waals surface area contributed by atoms with E-state index in [0.29, 0.717) is 10.6 Å². The molecule has 7 nitrogen and oxygen atoms in total. The molecule has 0 aliphatic rings. The van der Waals surface area contributed by atoms with Crippen LogP contribution in [-0.4, -0.2) is 41.5 Å². The highest BCUT2D eigenvalue weighted by molar-refractivity contribution is 6.33. The highest BCUT2D eigenvalue weighted by Gasteiger charge is 2.19. The summed E-state index contributed by atoms with van der Waals surface area (Å²) in [4.78, 5) is 25.8. The number of carbonyl (C=O) groups is 2. The van der Waals surface area contributed by atoms with Gasteiger partial charge in [0.1, 0.15) is 23.7 Å². The Morgan fingerprint density at radius 3 is 2.28 bits per heavy atom. The van der Waals surface area contributed by atoms with Gasteiger partial charge in [-0.1, -0.05) is 42.5 Å². The Kier molecular flexibility index (Phi) is 11.0. The number of carbonyl (C=O) groups excluding carboxylic acids is 1. The van der Waals surface area contributed by atoms with E-state index in [1.165, 1.54) is 6.92 Å². The lowest BCUT2D eigenvalue weighted by Crippen LogP contribution is -2.30. The zero-order chi connectivity index (χ0) is 29.3. The molecule has 0 aliphatic heterocycles. The maximum atomic E-state index is 13.6. The predicted molar refractivity (Wildman–Crippen MR) is 147 cm³/mol. The first-order chi connectivity index (χ1) is 18.4. The van der Waals surface area contributed by atoms with E-state index in [2.05, 4.69) is 24.4 Å². The topological polar surface area (TPSA) is 123 Å². The number of aliphatic imine (C=N–C) groups is 1. The van der Waals surface area contributed by atoms with Gasteiger partial charge in [-0.3, -0.25) is 14.6 Å². The fraction of sp³-hybridized carbons (Fsp3) is 0.172. The van der Waals surface area contributed by atoms with E-state index < -0.39 is 41.7 Å². The lowest BCUT2D eigenvalue weighted by molar-refractivity contribution is -0.135. The van der Waals surface area contributed by atoms with Crippen LogP contribution in [0.3, 0.4) is 0 Å². The molecule has 0 aromatic heterocycles. The third kappa shape index (κ3) is 8.04. The molecule has 0 saturated carbocycles. The summed E-state index contributed by atoms with van der Waals surface area (Å²) in [6.07, 6.45) is 1.04. The Morgan fingerprint density at radius 1 is 1.18 bits per heavy atom. The molecule has 0 bridgehead atoms. The summed E-state index contributed by atoms with van der Waals surface area (Å²) in [6.45, 7) is 10.2. The first-order valence-corrected chi connectivity index (χ1v) is 11.9. The number of carboxylic acids is 1. The van der Waals surface area contributed by atoms with Gasteiger partial charge in [-0.15, -0.1) is 0 Å². The largest absolute Gasteiger partial charge is 0.480 e. The average Bonchev–Trinajstić information content (AvgIpc) is 2.86. The molecule has 1 atom stereocenters. The molecule has 202 valence electrons. The lowest BCUT2D eigenvalue weighted by Gasteiger charge is -2.12. The SMILES string of the molecule is C=Cc1c(C)ccc(-c2ccc(C#N)cc2Cl)c1N=C.CC(O)Cc1cc(F)c(C(=O)NCC(=O)O)c(F)c1. The number of aryl methyl sites for hydroxylation is 1. The van der Waals surface area contributed by atoms with Crippen molar-refractivity contribution in [3.05, 3.63) is 93.5 Å². The van der Waals surface area contributed by atoms with Gasteiger partial charge in [0.25, 0.3) is 5.91 Å². The van der Waals surface area contributed by atoms with Crippen LogP contribution < -0.4 is 5.32 Å². The second-order valence-electron chi connectivity index (χ2n) is 8.42. The summed E-state index contributed by atoms with van der Waals surface area (Å²) in [7, 11) is 0. The minimum absolute atomic E-state index is 0.0465. The number of amides is 1. The molecule has 0 radical (unpaired) electrons. The highest BCUT2D eigenvalue weighted by atomic mass is 35.5. The van der Waals surface area contributed by atoms with Gasteiger partial charge in [0.05, 0.1) is 23.4 Å². The number of benzene rings is 3. The minimum Gasteiger partial charge on any atom is -0.480 e. The number of rotatable bonds is 8. The van der Waals surface area contributed by atoms with Crippen molar-refractivity contribution in [2.24, 2.45) is 4.99 Å². The molecule has 0 saturated heterocycles. The molecule has 3 rings (SSSR count). The number of carboxylic acid groups (broad SMARTS) is 1. The Balaban J connectivity index is 0.000000274. The number of aliphatic hydroxyl groups excluding tert-OH is 1. The molecule has 1 amide bonds. The summed E-state index contributed by atoms with van der Waals surface area (Å²) >= 11 is 6.27. The van der Waals surface area contributed by atoms with Crippen molar-refractivity contribution in [3.63, 3.8) is 0 Å². The lowest BCUT2D eigenvalue weighted by atomic mass is 9.96. The Morgan fingerprint density at radius 2 is 1.79 bits per heavy atom. The summed E-state index contributed by atoms with van der Waals surface area (Å²) in [5.74, 6) is -4.65. The predicted octanol–water partition coefficient (Wildman–Crippen LogP) is 5.86. The van der Waals surface area contributed by atoms with Gasteiger partial charge in [-0.25, -0.2) is 8.78 Å². The molecule has 0 aliphatic carbocycles. The Labute approximate surface area is 229 Å². The van der Waals surface area contributed by atoms with Crippen LogP contribution in [0.25, 0.3) is 17.2 Å². The molecule has 3 aromatic carbocycles. The Bertz CT molecular complexity index is 1440. The number of nitriles is 1.